The van der Waals surface area contributed by atoms with E-state index in [0.29, 0.717) is 0 Å². The molecule has 6 heteroatoms. The Kier molecular flexibility index (Phi) is 4.50. The first-order chi connectivity index (χ1) is 5.93. The fourth-order valence-corrected chi connectivity index (χ4v) is 0.521. The van der Waals surface area contributed by atoms with E-state index in [1.165, 1.54) is 13.8 Å². The molecule has 0 aliphatic carbocycles. The Morgan fingerprint density at radius 2 is 2.00 bits per heavy atom. The Labute approximate surface area is 75.4 Å². The smallest absolute Gasteiger partial charge is 0.303 e. The summed E-state index contributed by atoms with van der Waals surface area (Å²) in [5, 5.41) is 2.24. The lowest BCUT2D eigenvalue weighted by Gasteiger charge is -2.09. The van der Waals surface area contributed by atoms with E-state index in [-0.39, 0.29) is 0 Å². The van der Waals surface area contributed by atoms with Gasteiger partial charge in [0, 0.05) is 6.92 Å². The standard InChI is InChI=1S/C7H12N2O4/c1-4(7(8)12)9-6(11)3-13-5(2)10/h4H,3H2,1-2H3,(H2,8,12)(H,9,11)/t4-/m0/s1. The van der Waals surface area contributed by atoms with Crippen LogP contribution in [-0.4, -0.2) is 30.4 Å². The van der Waals surface area contributed by atoms with E-state index in [2.05, 4.69) is 10.1 Å². The van der Waals surface area contributed by atoms with Crippen LogP contribution in [0.15, 0.2) is 0 Å². The van der Waals surface area contributed by atoms with Crippen molar-refractivity contribution in [3.63, 3.8) is 0 Å². The summed E-state index contributed by atoms with van der Waals surface area (Å²) in [5.41, 5.74) is 4.88. The maximum atomic E-state index is 10.9. The van der Waals surface area contributed by atoms with E-state index >= 15 is 0 Å². The predicted molar refractivity (Wildman–Crippen MR) is 43.4 cm³/mol. The van der Waals surface area contributed by atoms with Crippen molar-refractivity contribution < 1.29 is 19.1 Å². The molecule has 6 nitrogen and oxygen atoms in total. The number of esters is 1. The van der Waals surface area contributed by atoms with Gasteiger partial charge in [-0.2, -0.15) is 0 Å². The highest BCUT2D eigenvalue weighted by molar-refractivity contribution is 5.87. The lowest BCUT2D eigenvalue weighted by atomic mass is 10.3. The minimum absolute atomic E-state index is 0.396. The van der Waals surface area contributed by atoms with Gasteiger partial charge in [0.25, 0.3) is 5.91 Å². The van der Waals surface area contributed by atoms with Crippen molar-refractivity contribution in [2.24, 2.45) is 5.73 Å². The summed E-state index contributed by atoms with van der Waals surface area (Å²) in [7, 11) is 0. The van der Waals surface area contributed by atoms with E-state index in [4.69, 9.17) is 5.73 Å². The number of nitrogens with one attached hydrogen (secondary N) is 1. The van der Waals surface area contributed by atoms with Crippen LogP contribution in [0.1, 0.15) is 13.8 Å². The van der Waals surface area contributed by atoms with Crippen LogP contribution in [0, 0.1) is 0 Å². The molecule has 2 amide bonds. The molecule has 0 aliphatic rings. The number of ether oxygens (including phenoxy) is 1. The quantitative estimate of drug-likeness (QED) is 0.526. The topological polar surface area (TPSA) is 98.5 Å². The van der Waals surface area contributed by atoms with Gasteiger partial charge in [-0.1, -0.05) is 0 Å². The van der Waals surface area contributed by atoms with Crippen molar-refractivity contribution in [3.05, 3.63) is 0 Å². The molecule has 0 heterocycles. The van der Waals surface area contributed by atoms with Crippen molar-refractivity contribution in [3.8, 4) is 0 Å². The second-order valence-corrected chi connectivity index (χ2v) is 2.47. The zero-order valence-corrected chi connectivity index (χ0v) is 7.49. The Balaban J connectivity index is 3.74. The fourth-order valence-electron chi connectivity index (χ4n) is 0.521. The highest BCUT2D eigenvalue weighted by Crippen LogP contribution is 1.81. The monoisotopic (exact) mass is 188 g/mol. The minimum Gasteiger partial charge on any atom is -0.456 e. The van der Waals surface area contributed by atoms with Gasteiger partial charge in [-0.15, -0.1) is 0 Å². The van der Waals surface area contributed by atoms with Crippen molar-refractivity contribution in [2.75, 3.05) is 6.61 Å². The molecule has 0 aromatic carbocycles. The van der Waals surface area contributed by atoms with Crippen LogP contribution < -0.4 is 11.1 Å². The van der Waals surface area contributed by atoms with E-state index in [1.807, 2.05) is 0 Å². The minimum atomic E-state index is -0.761. The average Bonchev–Trinajstić information content (AvgIpc) is 2.00. The van der Waals surface area contributed by atoms with E-state index < -0.39 is 30.4 Å². The second kappa shape index (κ2) is 5.13. The van der Waals surface area contributed by atoms with Crippen LogP contribution in [-0.2, 0) is 19.1 Å². The molecular formula is C7H12N2O4. The molecule has 3 N–H and O–H groups in total. The molecule has 0 radical (unpaired) electrons. The number of hydrogen-bond acceptors (Lipinski definition) is 4. The molecule has 0 saturated carbocycles. The van der Waals surface area contributed by atoms with Crippen molar-refractivity contribution >= 4 is 17.8 Å². The van der Waals surface area contributed by atoms with Gasteiger partial charge in [-0.3, -0.25) is 14.4 Å². The van der Waals surface area contributed by atoms with Crippen molar-refractivity contribution in [2.45, 2.75) is 19.9 Å². The van der Waals surface area contributed by atoms with E-state index in [1.54, 1.807) is 0 Å². The molecule has 13 heavy (non-hydrogen) atoms. The first-order valence-electron chi connectivity index (χ1n) is 3.65. The van der Waals surface area contributed by atoms with E-state index in [0.717, 1.165) is 0 Å². The van der Waals surface area contributed by atoms with Crippen LogP contribution in [0.25, 0.3) is 0 Å². The molecule has 0 unspecified atom stereocenters. The van der Waals surface area contributed by atoms with Crippen LogP contribution in [0.3, 0.4) is 0 Å². The molecule has 0 bridgehead atoms. The van der Waals surface area contributed by atoms with Crippen molar-refractivity contribution in [1.29, 1.82) is 0 Å². The fraction of sp³-hybridized carbons (Fsp3) is 0.571. The number of amides is 2. The second-order valence-electron chi connectivity index (χ2n) is 2.47. The highest BCUT2D eigenvalue weighted by Gasteiger charge is 2.12. The van der Waals surface area contributed by atoms with Gasteiger partial charge in [0.05, 0.1) is 0 Å². The summed E-state index contributed by atoms with van der Waals surface area (Å²) in [4.78, 5) is 31.6. The van der Waals surface area contributed by atoms with E-state index in [9.17, 15) is 14.4 Å². The maximum Gasteiger partial charge on any atom is 0.303 e. The molecule has 0 aromatic heterocycles. The Hall–Kier alpha value is -1.59. The van der Waals surface area contributed by atoms with Gasteiger partial charge in [-0.25, -0.2) is 0 Å². The summed E-state index contributed by atoms with van der Waals surface area (Å²) < 4.78 is 4.38. The third kappa shape index (κ3) is 5.66. The van der Waals surface area contributed by atoms with Gasteiger partial charge in [0.15, 0.2) is 6.61 Å². The van der Waals surface area contributed by atoms with Gasteiger partial charge < -0.3 is 15.8 Å². The number of rotatable bonds is 4. The lowest BCUT2D eigenvalue weighted by molar-refractivity contribution is -0.146. The Bertz CT molecular complexity index is 227. The molecule has 0 aliphatic heterocycles. The SMILES string of the molecule is CC(=O)OCC(=O)N[C@@H](C)C(N)=O. The maximum absolute atomic E-state index is 10.9. The zero-order chi connectivity index (χ0) is 10.4. The van der Waals surface area contributed by atoms with Crippen molar-refractivity contribution in [1.82, 2.24) is 5.32 Å². The van der Waals surface area contributed by atoms with Crippen LogP contribution in [0.2, 0.25) is 0 Å². The third-order valence-electron chi connectivity index (χ3n) is 1.21. The van der Waals surface area contributed by atoms with Crippen LogP contribution in [0.5, 0.6) is 0 Å². The number of nitrogens with two attached hydrogens (primary N) is 1. The summed E-state index contributed by atoms with van der Waals surface area (Å²) >= 11 is 0. The first-order valence-corrected chi connectivity index (χ1v) is 3.65. The molecule has 74 valence electrons. The summed E-state index contributed by atoms with van der Waals surface area (Å²) in [6.45, 7) is 2.23. The first kappa shape index (κ1) is 11.4. The molecule has 0 rings (SSSR count). The number of carbonyl (C=O) groups excluding carboxylic acids is 3. The molecule has 0 aromatic rings. The van der Waals surface area contributed by atoms with Gasteiger partial charge in [0.2, 0.25) is 5.91 Å². The lowest BCUT2D eigenvalue weighted by Crippen LogP contribution is -2.43. The van der Waals surface area contributed by atoms with Gasteiger partial charge in [0.1, 0.15) is 6.04 Å². The summed E-state index contributed by atoms with van der Waals surface area (Å²) in [6.07, 6.45) is 0. The molecule has 1 atom stereocenters. The van der Waals surface area contributed by atoms with Gasteiger partial charge >= 0.3 is 5.97 Å². The van der Waals surface area contributed by atoms with Crippen LogP contribution in [0.4, 0.5) is 0 Å². The number of carbonyl (C=O) groups is 3. The zero-order valence-electron chi connectivity index (χ0n) is 7.49. The molecular weight excluding hydrogens is 176 g/mol. The number of primary amides is 1. The predicted octanol–water partition coefficient (Wildman–Crippen LogP) is -1.46. The summed E-state index contributed by atoms with van der Waals surface area (Å²) in [6, 6.07) is -0.761. The largest absolute Gasteiger partial charge is 0.456 e. The summed E-state index contributed by atoms with van der Waals surface area (Å²) in [5.74, 6) is -1.75. The normalized spacial score (nSPS) is 11.5. The Morgan fingerprint density at radius 1 is 1.46 bits per heavy atom. The number of hydrogen-bond donors (Lipinski definition) is 2. The average molecular weight is 188 g/mol. The third-order valence-corrected chi connectivity index (χ3v) is 1.21. The molecule has 0 saturated heterocycles. The van der Waals surface area contributed by atoms with Crippen LogP contribution >= 0.6 is 0 Å². The molecule has 0 spiro atoms. The molecule has 0 fully saturated rings. The Morgan fingerprint density at radius 3 is 2.38 bits per heavy atom. The van der Waals surface area contributed by atoms with Gasteiger partial charge in [-0.05, 0) is 6.92 Å². The highest BCUT2D eigenvalue weighted by atomic mass is 16.5.